The summed E-state index contributed by atoms with van der Waals surface area (Å²) in [5.41, 5.74) is 5.90. The molecule has 8 nitrogen and oxygen atoms in total. The van der Waals surface area contributed by atoms with Crippen LogP contribution in [-0.4, -0.2) is 51.5 Å². The van der Waals surface area contributed by atoms with Gasteiger partial charge in [0.05, 0.1) is 11.7 Å². The lowest BCUT2D eigenvalue weighted by molar-refractivity contribution is -0.147. The number of ether oxygens (including phenoxy) is 1. The van der Waals surface area contributed by atoms with Crippen molar-refractivity contribution in [2.24, 2.45) is 11.6 Å². The monoisotopic (exact) mass is 457 g/mol. The summed E-state index contributed by atoms with van der Waals surface area (Å²) in [6.07, 6.45) is 8.08. The van der Waals surface area contributed by atoms with Gasteiger partial charge in [-0.2, -0.15) is 0 Å². The van der Waals surface area contributed by atoms with Crippen LogP contribution in [0, 0.1) is 11.6 Å². The number of hydrazine groups is 1. The molecule has 4 aliphatic rings. The number of carbonyl (C=O) groups excluding carboxylic acids is 2. The first-order valence-corrected chi connectivity index (χ1v) is 10.9. The Bertz CT molecular complexity index is 1070. The fourth-order valence-electron chi connectivity index (χ4n) is 5.18. The van der Waals surface area contributed by atoms with Gasteiger partial charge in [-0.3, -0.25) is 14.6 Å². The van der Waals surface area contributed by atoms with Crippen LogP contribution < -0.4 is 11.6 Å². The Morgan fingerprint density at radius 2 is 1.79 bits per heavy atom. The van der Waals surface area contributed by atoms with Gasteiger partial charge < -0.3 is 20.3 Å². The Hall–Kier alpha value is -3.24. The standard InChI is InChI=1S/C23H25F2N5O3/c24-15-11-14(12-16(25)13-15)17-4-5-19-30(17)22(32)23(33-19)6-9-28(10-7-23)21(31)20(26)18-3-1-2-8-29(18)27/h1-3,8,11-13,17,19H,4-7,9-10,26-27H2/b20-18-. The van der Waals surface area contributed by atoms with E-state index < -0.39 is 29.5 Å². The predicted molar refractivity (Wildman–Crippen MR) is 114 cm³/mol. The highest BCUT2D eigenvalue weighted by Crippen LogP contribution is 2.47. The van der Waals surface area contributed by atoms with Crippen LogP contribution in [0.3, 0.4) is 0 Å². The second-order valence-corrected chi connectivity index (χ2v) is 8.77. The lowest BCUT2D eigenvalue weighted by Gasteiger charge is -2.38. The van der Waals surface area contributed by atoms with Crippen molar-refractivity contribution in [1.29, 1.82) is 0 Å². The highest BCUT2D eigenvalue weighted by atomic mass is 19.1. The number of piperidine rings is 1. The molecule has 1 aromatic rings. The Morgan fingerprint density at radius 3 is 2.45 bits per heavy atom. The summed E-state index contributed by atoms with van der Waals surface area (Å²) in [6.45, 7) is 0.588. The zero-order valence-corrected chi connectivity index (χ0v) is 17.9. The van der Waals surface area contributed by atoms with E-state index in [1.54, 1.807) is 34.2 Å². The minimum Gasteiger partial charge on any atom is -0.393 e. The first-order chi connectivity index (χ1) is 15.8. The number of hydrogen-bond donors (Lipinski definition) is 2. The maximum absolute atomic E-state index is 13.8. The molecular weight excluding hydrogens is 432 g/mol. The Labute approximate surface area is 189 Å². The molecule has 4 N–H and O–H groups in total. The minimum atomic E-state index is -1.04. The van der Waals surface area contributed by atoms with E-state index >= 15 is 0 Å². The molecule has 2 amide bonds. The second-order valence-electron chi connectivity index (χ2n) is 8.77. The lowest BCUT2D eigenvalue weighted by atomic mass is 9.89. The van der Waals surface area contributed by atoms with E-state index in [1.165, 1.54) is 17.1 Å². The van der Waals surface area contributed by atoms with Gasteiger partial charge in [0.2, 0.25) is 0 Å². The molecule has 5 rings (SSSR count). The first-order valence-electron chi connectivity index (χ1n) is 10.9. The SMILES string of the molecule is N/C(C(=O)N1CCC2(CC1)OC1CCC(c3cc(F)cc(F)c3)N1C2=O)=C1/C=CC=CN1N. The third kappa shape index (κ3) is 3.59. The fraction of sp³-hybridized carbons (Fsp3) is 0.391. The largest absolute Gasteiger partial charge is 0.393 e. The summed E-state index contributed by atoms with van der Waals surface area (Å²) >= 11 is 0. The Morgan fingerprint density at radius 1 is 1.09 bits per heavy atom. The van der Waals surface area contributed by atoms with Gasteiger partial charge in [0.15, 0.2) is 5.60 Å². The number of halogens is 2. The van der Waals surface area contributed by atoms with Gasteiger partial charge in [-0.1, -0.05) is 6.08 Å². The molecule has 0 bridgehead atoms. The summed E-state index contributed by atoms with van der Waals surface area (Å²) in [5, 5.41) is 1.28. The molecule has 0 aromatic heterocycles. The first kappa shape index (κ1) is 21.6. The third-order valence-electron chi connectivity index (χ3n) is 6.84. The van der Waals surface area contributed by atoms with Crippen molar-refractivity contribution in [3.8, 4) is 0 Å². The summed E-state index contributed by atoms with van der Waals surface area (Å²) in [4.78, 5) is 29.6. The van der Waals surface area contributed by atoms with E-state index in [0.29, 0.717) is 50.0 Å². The Balaban J connectivity index is 1.30. The molecule has 0 aliphatic carbocycles. The second kappa shape index (κ2) is 7.96. The van der Waals surface area contributed by atoms with Gasteiger partial charge in [0.1, 0.15) is 23.6 Å². The van der Waals surface area contributed by atoms with Crippen LogP contribution in [0.2, 0.25) is 0 Å². The molecule has 3 fully saturated rings. The van der Waals surface area contributed by atoms with E-state index in [4.69, 9.17) is 16.3 Å². The highest BCUT2D eigenvalue weighted by Gasteiger charge is 2.58. The number of hydrogen-bond acceptors (Lipinski definition) is 6. The van der Waals surface area contributed by atoms with Crippen molar-refractivity contribution in [1.82, 2.24) is 14.8 Å². The molecule has 174 valence electrons. The molecule has 2 unspecified atom stereocenters. The van der Waals surface area contributed by atoms with Crippen LogP contribution >= 0.6 is 0 Å². The van der Waals surface area contributed by atoms with Crippen molar-refractivity contribution in [2.45, 2.75) is 43.6 Å². The summed E-state index contributed by atoms with van der Waals surface area (Å²) < 4.78 is 33.8. The average molecular weight is 457 g/mol. The predicted octanol–water partition coefficient (Wildman–Crippen LogP) is 1.78. The van der Waals surface area contributed by atoms with Crippen molar-refractivity contribution >= 4 is 11.8 Å². The van der Waals surface area contributed by atoms with Crippen LogP contribution in [0.5, 0.6) is 0 Å². The van der Waals surface area contributed by atoms with Gasteiger partial charge in [0, 0.05) is 38.2 Å². The smallest absolute Gasteiger partial charge is 0.271 e. The number of allylic oxidation sites excluding steroid dienone is 3. The highest BCUT2D eigenvalue weighted by molar-refractivity contribution is 5.94. The van der Waals surface area contributed by atoms with E-state index in [9.17, 15) is 18.4 Å². The molecule has 3 saturated heterocycles. The fourth-order valence-corrected chi connectivity index (χ4v) is 5.18. The van der Waals surface area contributed by atoms with Crippen LogP contribution in [0.15, 0.2) is 54.0 Å². The van der Waals surface area contributed by atoms with E-state index in [1.807, 2.05) is 0 Å². The van der Waals surface area contributed by atoms with Crippen LogP contribution in [0.25, 0.3) is 0 Å². The molecule has 33 heavy (non-hydrogen) atoms. The van der Waals surface area contributed by atoms with Crippen molar-refractivity contribution in [3.05, 3.63) is 71.2 Å². The van der Waals surface area contributed by atoms with Crippen LogP contribution in [-0.2, 0) is 14.3 Å². The van der Waals surface area contributed by atoms with Crippen molar-refractivity contribution in [2.75, 3.05) is 13.1 Å². The lowest BCUT2D eigenvalue weighted by Crippen LogP contribution is -2.52. The molecule has 1 aromatic carbocycles. The van der Waals surface area contributed by atoms with E-state index in [0.717, 1.165) is 6.07 Å². The number of amides is 2. The number of benzene rings is 1. The van der Waals surface area contributed by atoms with E-state index in [-0.39, 0.29) is 17.5 Å². The molecule has 1 spiro atoms. The topological polar surface area (TPSA) is 105 Å². The van der Waals surface area contributed by atoms with E-state index in [2.05, 4.69) is 0 Å². The number of nitrogens with two attached hydrogens (primary N) is 2. The summed E-state index contributed by atoms with van der Waals surface area (Å²) in [7, 11) is 0. The molecule has 2 atom stereocenters. The third-order valence-corrected chi connectivity index (χ3v) is 6.84. The van der Waals surface area contributed by atoms with Crippen molar-refractivity contribution in [3.63, 3.8) is 0 Å². The zero-order chi connectivity index (χ0) is 23.3. The number of rotatable bonds is 2. The molecular formula is C23H25F2N5O3. The molecule has 10 heteroatoms. The molecule has 0 saturated carbocycles. The van der Waals surface area contributed by atoms with Gasteiger partial charge in [0.25, 0.3) is 11.8 Å². The van der Waals surface area contributed by atoms with Gasteiger partial charge >= 0.3 is 0 Å². The van der Waals surface area contributed by atoms with Crippen LogP contribution in [0.1, 0.15) is 37.3 Å². The molecule has 4 heterocycles. The zero-order valence-electron chi connectivity index (χ0n) is 17.9. The van der Waals surface area contributed by atoms with Gasteiger partial charge in [-0.05, 0) is 42.7 Å². The van der Waals surface area contributed by atoms with Crippen molar-refractivity contribution < 1.29 is 23.1 Å². The minimum absolute atomic E-state index is 0.0292. The molecule has 0 radical (unpaired) electrons. The van der Waals surface area contributed by atoms with Gasteiger partial charge in [-0.25, -0.2) is 14.6 Å². The molecule has 4 aliphatic heterocycles. The number of likely N-dealkylation sites (tertiary alicyclic amines) is 1. The summed E-state index contributed by atoms with van der Waals surface area (Å²) in [6, 6.07) is 2.91. The number of nitrogens with zero attached hydrogens (tertiary/aromatic N) is 3. The Kier molecular flexibility index (Phi) is 5.21. The maximum Gasteiger partial charge on any atom is 0.271 e. The van der Waals surface area contributed by atoms with Crippen LogP contribution in [0.4, 0.5) is 8.78 Å². The number of fused-ring (bicyclic) bond motifs is 1. The van der Waals surface area contributed by atoms with Gasteiger partial charge in [-0.15, -0.1) is 0 Å². The maximum atomic E-state index is 13.8. The quantitative estimate of drug-likeness (QED) is 0.518. The summed E-state index contributed by atoms with van der Waals surface area (Å²) in [5.74, 6) is 3.98. The average Bonchev–Trinajstić information content (AvgIpc) is 3.31. The number of carbonyl (C=O) groups is 2. The normalized spacial score (nSPS) is 27.5.